The smallest absolute Gasteiger partial charge is 0.231 e. The van der Waals surface area contributed by atoms with Gasteiger partial charge in [-0.15, -0.1) is 5.10 Å². The number of thioether (sulfide) groups is 1. The summed E-state index contributed by atoms with van der Waals surface area (Å²) in [6.07, 6.45) is 0. The highest BCUT2D eigenvalue weighted by Crippen LogP contribution is 2.34. The van der Waals surface area contributed by atoms with Gasteiger partial charge in [0, 0.05) is 10.8 Å². The van der Waals surface area contributed by atoms with Crippen LogP contribution in [0.3, 0.4) is 0 Å². The lowest BCUT2D eigenvalue weighted by atomic mass is 10.2. The summed E-state index contributed by atoms with van der Waals surface area (Å²) in [5.41, 5.74) is 1.98. The van der Waals surface area contributed by atoms with Crippen LogP contribution >= 0.6 is 23.4 Å². The summed E-state index contributed by atoms with van der Waals surface area (Å²) in [5.74, 6) is 2.29. The lowest BCUT2D eigenvalue weighted by molar-refractivity contribution is 0.174. The van der Waals surface area contributed by atoms with Gasteiger partial charge in [0.1, 0.15) is 0 Å². The molecule has 0 atom stereocenters. The molecule has 0 fully saturated rings. The molecule has 23 heavy (non-hydrogen) atoms. The third-order valence-electron chi connectivity index (χ3n) is 3.32. The van der Waals surface area contributed by atoms with Crippen LogP contribution in [0.25, 0.3) is 5.69 Å². The number of ether oxygens (including phenoxy) is 2. The van der Waals surface area contributed by atoms with Gasteiger partial charge in [-0.05, 0) is 52.4 Å². The van der Waals surface area contributed by atoms with Crippen molar-refractivity contribution in [3.05, 3.63) is 53.1 Å². The van der Waals surface area contributed by atoms with Gasteiger partial charge >= 0.3 is 0 Å². The standard InChI is InChI=1S/C15H11ClN4O2S/c16-11-2-4-12(5-3-11)20-15(17-18-19-20)23-8-10-1-6-13-14(7-10)22-9-21-13/h1-7H,8-9H2. The van der Waals surface area contributed by atoms with Crippen molar-refractivity contribution in [2.45, 2.75) is 10.9 Å². The molecular formula is C15H11ClN4O2S. The molecule has 1 aliphatic rings. The van der Waals surface area contributed by atoms with Crippen molar-refractivity contribution < 1.29 is 9.47 Å². The zero-order chi connectivity index (χ0) is 15.6. The van der Waals surface area contributed by atoms with Crippen molar-refractivity contribution in [1.82, 2.24) is 20.2 Å². The fourth-order valence-corrected chi connectivity index (χ4v) is 3.15. The Morgan fingerprint density at radius 2 is 1.91 bits per heavy atom. The third kappa shape index (κ3) is 2.97. The van der Waals surface area contributed by atoms with Gasteiger partial charge in [-0.25, -0.2) is 0 Å². The van der Waals surface area contributed by atoms with Crippen LogP contribution in [-0.4, -0.2) is 27.0 Å². The predicted octanol–water partition coefficient (Wildman–Crippen LogP) is 3.34. The first-order valence-corrected chi connectivity index (χ1v) is 8.21. The molecular weight excluding hydrogens is 336 g/mol. The number of nitrogens with zero attached hydrogens (tertiary/aromatic N) is 4. The Morgan fingerprint density at radius 1 is 1.09 bits per heavy atom. The molecule has 0 bridgehead atoms. The van der Waals surface area contributed by atoms with Crippen molar-refractivity contribution in [1.29, 1.82) is 0 Å². The van der Waals surface area contributed by atoms with E-state index in [1.165, 1.54) is 0 Å². The highest BCUT2D eigenvalue weighted by Gasteiger charge is 2.14. The SMILES string of the molecule is Clc1ccc(-n2nnnc2SCc2ccc3c(c2)OCO3)cc1. The third-order valence-corrected chi connectivity index (χ3v) is 4.56. The van der Waals surface area contributed by atoms with Crippen LogP contribution in [0.1, 0.15) is 5.56 Å². The van der Waals surface area contributed by atoms with Crippen LogP contribution in [-0.2, 0) is 5.75 Å². The Labute approximate surface area is 141 Å². The summed E-state index contributed by atoms with van der Waals surface area (Å²) < 4.78 is 12.4. The normalized spacial score (nSPS) is 12.6. The maximum atomic E-state index is 5.91. The van der Waals surface area contributed by atoms with Gasteiger partial charge in [-0.3, -0.25) is 0 Å². The topological polar surface area (TPSA) is 62.1 Å². The zero-order valence-corrected chi connectivity index (χ0v) is 13.4. The zero-order valence-electron chi connectivity index (χ0n) is 11.8. The van der Waals surface area contributed by atoms with Crippen molar-refractivity contribution >= 4 is 23.4 Å². The predicted molar refractivity (Wildman–Crippen MR) is 86.3 cm³/mol. The number of halogens is 1. The van der Waals surface area contributed by atoms with Gasteiger partial charge in [0.2, 0.25) is 11.9 Å². The number of fused-ring (bicyclic) bond motifs is 1. The molecule has 0 amide bonds. The first-order chi connectivity index (χ1) is 11.3. The van der Waals surface area contributed by atoms with E-state index in [9.17, 15) is 0 Å². The van der Waals surface area contributed by atoms with E-state index in [0.29, 0.717) is 10.2 Å². The van der Waals surface area contributed by atoms with E-state index in [-0.39, 0.29) is 6.79 Å². The van der Waals surface area contributed by atoms with Crippen LogP contribution in [0.4, 0.5) is 0 Å². The molecule has 0 N–H and O–H groups in total. The van der Waals surface area contributed by atoms with Gasteiger partial charge in [0.05, 0.1) is 5.69 Å². The number of aromatic nitrogens is 4. The molecule has 0 unspecified atom stereocenters. The lowest BCUT2D eigenvalue weighted by Crippen LogP contribution is -1.98. The van der Waals surface area contributed by atoms with E-state index >= 15 is 0 Å². The molecule has 6 nitrogen and oxygen atoms in total. The van der Waals surface area contributed by atoms with E-state index in [4.69, 9.17) is 21.1 Å². The van der Waals surface area contributed by atoms with E-state index < -0.39 is 0 Å². The molecule has 0 radical (unpaired) electrons. The van der Waals surface area contributed by atoms with Crippen LogP contribution < -0.4 is 9.47 Å². The van der Waals surface area contributed by atoms with Crippen LogP contribution in [0.2, 0.25) is 5.02 Å². The lowest BCUT2D eigenvalue weighted by Gasteiger charge is -2.05. The molecule has 8 heteroatoms. The summed E-state index contributed by atoms with van der Waals surface area (Å²) in [5, 5.41) is 13.3. The molecule has 4 rings (SSSR count). The average molecular weight is 347 g/mol. The number of rotatable bonds is 4. The first kappa shape index (κ1) is 14.3. The molecule has 2 heterocycles. The minimum atomic E-state index is 0.279. The fraction of sp³-hybridized carbons (Fsp3) is 0.133. The Morgan fingerprint density at radius 3 is 2.78 bits per heavy atom. The molecule has 0 saturated heterocycles. The Balaban J connectivity index is 1.52. The van der Waals surface area contributed by atoms with E-state index in [1.807, 2.05) is 42.5 Å². The van der Waals surface area contributed by atoms with Gasteiger partial charge in [0.15, 0.2) is 11.5 Å². The van der Waals surface area contributed by atoms with Crippen molar-refractivity contribution in [3.8, 4) is 17.2 Å². The maximum Gasteiger partial charge on any atom is 0.231 e. The summed E-state index contributed by atoms with van der Waals surface area (Å²) in [6.45, 7) is 0.279. The fourth-order valence-electron chi connectivity index (χ4n) is 2.19. The Hall–Kier alpha value is -2.25. The number of hydrogen-bond donors (Lipinski definition) is 0. The molecule has 0 spiro atoms. The minimum absolute atomic E-state index is 0.279. The molecule has 0 aliphatic carbocycles. The van der Waals surface area contributed by atoms with Gasteiger partial charge in [-0.2, -0.15) is 4.68 Å². The summed E-state index contributed by atoms with van der Waals surface area (Å²) in [7, 11) is 0. The summed E-state index contributed by atoms with van der Waals surface area (Å²) in [6, 6.07) is 13.3. The first-order valence-electron chi connectivity index (χ1n) is 6.85. The molecule has 1 aliphatic heterocycles. The summed E-state index contributed by atoms with van der Waals surface area (Å²) >= 11 is 7.46. The second-order valence-corrected chi connectivity index (χ2v) is 6.20. The van der Waals surface area contributed by atoms with Gasteiger partial charge < -0.3 is 9.47 Å². The van der Waals surface area contributed by atoms with Gasteiger partial charge in [0.25, 0.3) is 0 Å². The summed E-state index contributed by atoms with van der Waals surface area (Å²) in [4.78, 5) is 0. The Kier molecular flexibility index (Phi) is 3.80. The molecule has 2 aromatic carbocycles. The van der Waals surface area contributed by atoms with E-state index in [2.05, 4.69) is 15.5 Å². The molecule has 116 valence electrons. The van der Waals surface area contributed by atoms with Crippen molar-refractivity contribution in [2.75, 3.05) is 6.79 Å². The van der Waals surface area contributed by atoms with Crippen molar-refractivity contribution in [2.24, 2.45) is 0 Å². The van der Waals surface area contributed by atoms with Gasteiger partial charge in [-0.1, -0.05) is 29.4 Å². The van der Waals surface area contributed by atoms with E-state index in [0.717, 1.165) is 28.5 Å². The second-order valence-electron chi connectivity index (χ2n) is 4.83. The largest absolute Gasteiger partial charge is 0.454 e. The van der Waals surface area contributed by atoms with E-state index in [1.54, 1.807) is 16.4 Å². The molecule has 1 aromatic heterocycles. The average Bonchev–Trinajstić information content (AvgIpc) is 3.22. The van der Waals surface area contributed by atoms with Crippen LogP contribution in [0, 0.1) is 0 Å². The van der Waals surface area contributed by atoms with Crippen LogP contribution in [0.5, 0.6) is 11.5 Å². The van der Waals surface area contributed by atoms with Crippen molar-refractivity contribution in [3.63, 3.8) is 0 Å². The molecule has 0 saturated carbocycles. The molecule has 3 aromatic rings. The number of hydrogen-bond acceptors (Lipinski definition) is 6. The number of tetrazole rings is 1. The quantitative estimate of drug-likeness (QED) is 0.675. The second kappa shape index (κ2) is 6.10. The maximum absolute atomic E-state index is 5.91. The number of benzene rings is 2. The van der Waals surface area contributed by atoms with Crippen LogP contribution in [0.15, 0.2) is 47.6 Å². The highest BCUT2D eigenvalue weighted by atomic mass is 35.5. The highest BCUT2D eigenvalue weighted by molar-refractivity contribution is 7.98. The Bertz CT molecular complexity index is 838. The minimum Gasteiger partial charge on any atom is -0.454 e. The monoisotopic (exact) mass is 346 g/mol.